The molecule has 0 unspecified atom stereocenters. The fraction of sp³-hybridized carbons (Fsp3) is 0.300. The number of aryl methyl sites for hydroxylation is 1. The summed E-state index contributed by atoms with van der Waals surface area (Å²) in [6.07, 6.45) is -0.692. The second kappa shape index (κ2) is 8.33. The molecule has 0 bridgehead atoms. The topological polar surface area (TPSA) is 67.4 Å². The van der Waals surface area contributed by atoms with E-state index in [0.29, 0.717) is 17.0 Å². The van der Waals surface area contributed by atoms with Gasteiger partial charge in [-0.1, -0.05) is 24.3 Å². The lowest BCUT2D eigenvalue weighted by Crippen LogP contribution is -2.33. The molecular weight excluding hydrogens is 316 g/mol. The van der Waals surface area contributed by atoms with E-state index in [1.54, 1.807) is 37.3 Å². The van der Waals surface area contributed by atoms with Crippen LogP contribution in [0.2, 0.25) is 0 Å². The van der Waals surface area contributed by atoms with Gasteiger partial charge in [0.15, 0.2) is 6.10 Å². The number of carbonyl (C=O) groups excluding carboxylic acids is 2. The summed E-state index contributed by atoms with van der Waals surface area (Å²) >= 11 is 0. The Labute approximate surface area is 148 Å². The molecule has 2 rings (SSSR count). The van der Waals surface area contributed by atoms with Crippen LogP contribution in [0.15, 0.2) is 48.5 Å². The van der Waals surface area contributed by atoms with Crippen molar-refractivity contribution in [2.24, 2.45) is 0 Å². The Bertz CT molecular complexity index is 756. The first-order valence-electron chi connectivity index (χ1n) is 8.31. The molecule has 0 spiro atoms. The van der Waals surface area contributed by atoms with Crippen molar-refractivity contribution in [3.05, 3.63) is 59.7 Å². The molecule has 1 atom stereocenters. The molecule has 0 heterocycles. The van der Waals surface area contributed by atoms with Gasteiger partial charge in [-0.2, -0.15) is 0 Å². The maximum Gasteiger partial charge on any atom is 0.265 e. The highest BCUT2D eigenvalue weighted by Gasteiger charge is 2.18. The smallest absolute Gasteiger partial charge is 0.265 e. The molecule has 0 saturated carbocycles. The quantitative estimate of drug-likeness (QED) is 0.845. The highest BCUT2D eigenvalue weighted by atomic mass is 16.5. The van der Waals surface area contributed by atoms with Crippen LogP contribution in [0.25, 0.3) is 0 Å². The number of hydrogen-bond acceptors (Lipinski definition) is 3. The monoisotopic (exact) mass is 340 g/mol. The lowest BCUT2D eigenvalue weighted by molar-refractivity contribution is -0.122. The normalized spacial score (nSPS) is 11.7. The summed E-state index contributed by atoms with van der Waals surface area (Å²) in [7, 11) is 0. The van der Waals surface area contributed by atoms with E-state index >= 15 is 0 Å². The van der Waals surface area contributed by atoms with Gasteiger partial charge >= 0.3 is 0 Å². The van der Waals surface area contributed by atoms with Gasteiger partial charge in [-0.3, -0.25) is 9.59 Å². The van der Waals surface area contributed by atoms with Gasteiger partial charge in [0.2, 0.25) is 0 Å². The van der Waals surface area contributed by atoms with Crippen LogP contribution in [-0.4, -0.2) is 24.0 Å². The van der Waals surface area contributed by atoms with E-state index in [4.69, 9.17) is 4.74 Å². The van der Waals surface area contributed by atoms with Gasteiger partial charge in [0, 0.05) is 6.04 Å². The molecule has 0 aliphatic rings. The molecule has 2 N–H and O–H groups in total. The first kappa shape index (κ1) is 18.5. The molecular formula is C20H24N2O3. The van der Waals surface area contributed by atoms with Crippen molar-refractivity contribution < 1.29 is 14.3 Å². The van der Waals surface area contributed by atoms with Gasteiger partial charge in [0.1, 0.15) is 5.75 Å². The van der Waals surface area contributed by atoms with Crippen LogP contribution >= 0.6 is 0 Å². The Hall–Kier alpha value is -2.82. The van der Waals surface area contributed by atoms with E-state index in [2.05, 4.69) is 10.6 Å². The van der Waals surface area contributed by atoms with Crippen molar-refractivity contribution >= 4 is 17.5 Å². The van der Waals surface area contributed by atoms with E-state index < -0.39 is 6.10 Å². The predicted molar refractivity (Wildman–Crippen MR) is 98.9 cm³/mol. The number of rotatable bonds is 6. The van der Waals surface area contributed by atoms with Crippen LogP contribution in [0.3, 0.4) is 0 Å². The average Bonchev–Trinajstić information content (AvgIpc) is 2.54. The third kappa shape index (κ3) is 5.35. The molecule has 0 fully saturated rings. The largest absolute Gasteiger partial charge is 0.481 e. The molecule has 132 valence electrons. The van der Waals surface area contributed by atoms with Crippen molar-refractivity contribution in [3.63, 3.8) is 0 Å². The second-order valence-electron chi connectivity index (χ2n) is 6.24. The van der Waals surface area contributed by atoms with Crippen LogP contribution in [0, 0.1) is 6.92 Å². The summed E-state index contributed by atoms with van der Waals surface area (Å²) in [5.41, 5.74) is 1.94. The van der Waals surface area contributed by atoms with E-state index in [0.717, 1.165) is 5.56 Å². The second-order valence-corrected chi connectivity index (χ2v) is 6.24. The zero-order valence-electron chi connectivity index (χ0n) is 15.0. The summed E-state index contributed by atoms with van der Waals surface area (Å²) in [6.45, 7) is 7.41. The van der Waals surface area contributed by atoms with Crippen LogP contribution in [0.5, 0.6) is 5.75 Å². The molecule has 0 aliphatic carbocycles. The number of amides is 2. The van der Waals surface area contributed by atoms with Gasteiger partial charge in [-0.05, 0) is 57.5 Å². The summed E-state index contributed by atoms with van der Waals surface area (Å²) in [4.78, 5) is 24.7. The fourth-order valence-corrected chi connectivity index (χ4v) is 2.31. The number of para-hydroxylation sites is 1. The molecule has 2 amide bonds. The van der Waals surface area contributed by atoms with Crippen LogP contribution in [0.4, 0.5) is 5.69 Å². The van der Waals surface area contributed by atoms with Gasteiger partial charge < -0.3 is 15.4 Å². The summed E-state index contributed by atoms with van der Waals surface area (Å²) in [5.74, 6) is 0.0953. The molecule has 5 nitrogen and oxygen atoms in total. The van der Waals surface area contributed by atoms with Crippen molar-refractivity contribution in [2.45, 2.75) is 39.8 Å². The SMILES string of the molecule is Cc1cccc(O[C@H](C)C(=O)Nc2ccccc2C(=O)NC(C)C)c1. The Morgan fingerprint density at radius 1 is 1.00 bits per heavy atom. The number of ether oxygens (including phenoxy) is 1. The summed E-state index contributed by atoms with van der Waals surface area (Å²) in [5, 5.41) is 5.60. The first-order valence-corrected chi connectivity index (χ1v) is 8.31. The van der Waals surface area contributed by atoms with E-state index in [9.17, 15) is 9.59 Å². The molecule has 25 heavy (non-hydrogen) atoms. The van der Waals surface area contributed by atoms with Crippen LogP contribution < -0.4 is 15.4 Å². The van der Waals surface area contributed by atoms with Crippen molar-refractivity contribution in [3.8, 4) is 5.75 Å². The maximum atomic E-state index is 12.4. The summed E-state index contributed by atoms with van der Waals surface area (Å²) < 4.78 is 5.68. The minimum Gasteiger partial charge on any atom is -0.481 e. The Kier molecular flexibility index (Phi) is 6.17. The van der Waals surface area contributed by atoms with Crippen molar-refractivity contribution in [1.82, 2.24) is 5.32 Å². The number of hydrogen-bond donors (Lipinski definition) is 2. The average molecular weight is 340 g/mol. The standard InChI is InChI=1S/C20H24N2O3/c1-13(2)21-20(24)17-10-5-6-11-18(17)22-19(23)15(4)25-16-9-7-8-14(3)12-16/h5-13,15H,1-4H3,(H,21,24)(H,22,23)/t15-/m1/s1. The van der Waals surface area contributed by atoms with Crippen molar-refractivity contribution in [1.29, 1.82) is 0 Å². The van der Waals surface area contributed by atoms with Gasteiger partial charge in [-0.25, -0.2) is 0 Å². The molecule has 0 radical (unpaired) electrons. The van der Waals surface area contributed by atoms with E-state index in [1.807, 2.05) is 39.0 Å². The zero-order chi connectivity index (χ0) is 18.4. The molecule has 0 aliphatic heterocycles. The minimum atomic E-state index is -0.692. The highest BCUT2D eigenvalue weighted by Crippen LogP contribution is 2.18. The number of nitrogens with one attached hydrogen (secondary N) is 2. The Morgan fingerprint density at radius 2 is 1.72 bits per heavy atom. The van der Waals surface area contributed by atoms with Crippen LogP contribution in [0.1, 0.15) is 36.7 Å². The van der Waals surface area contributed by atoms with Gasteiger partial charge in [0.05, 0.1) is 11.3 Å². The summed E-state index contributed by atoms with van der Waals surface area (Å²) in [6, 6.07) is 14.4. The van der Waals surface area contributed by atoms with Crippen molar-refractivity contribution in [2.75, 3.05) is 5.32 Å². The maximum absolute atomic E-state index is 12.4. The number of benzene rings is 2. The predicted octanol–water partition coefficient (Wildman–Crippen LogP) is 3.54. The molecule has 0 aromatic heterocycles. The minimum absolute atomic E-state index is 0.0137. The lowest BCUT2D eigenvalue weighted by atomic mass is 10.1. The third-order valence-electron chi connectivity index (χ3n) is 3.52. The van der Waals surface area contributed by atoms with Gasteiger partial charge in [-0.15, -0.1) is 0 Å². The van der Waals surface area contributed by atoms with E-state index in [1.165, 1.54) is 0 Å². The first-order chi connectivity index (χ1) is 11.9. The molecule has 2 aromatic rings. The molecule has 0 saturated heterocycles. The molecule has 2 aromatic carbocycles. The number of anilines is 1. The highest BCUT2D eigenvalue weighted by molar-refractivity contribution is 6.04. The Balaban J connectivity index is 2.08. The van der Waals surface area contributed by atoms with E-state index in [-0.39, 0.29) is 17.9 Å². The zero-order valence-corrected chi connectivity index (χ0v) is 15.0. The Morgan fingerprint density at radius 3 is 2.40 bits per heavy atom. The fourth-order valence-electron chi connectivity index (χ4n) is 2.31. The van der Waals surface area contributed by atoms with Crippen LogP contribution in [-0.2, 0) is 4.79 Å². The third-order valence-corrected chi connectivity index (χ3v) is 3.52. The number of carbonyl (C=O) groups is 2. The lowest BCUT2D eigenvalue weighted by Gasteiger charge is -2.17. The molecule has 5 heteroatoms. The van der Waals surface area contributed by atoms with Gasteiger partial charge in [0.25, 0.3) is 11.8 Å².